The van der Waals surface area contributed by atoms with Gasteiger partial charge in [0.2, 0.25) is 0 Å². The third-order valence-electron chi connectivity index (χ3n) is 3.77. The minimum absolute atomic E-state index is 0.161. The summed E-state index contributed by atoms with van der Waals surface area (Å²) in [6.45, 7) is 0.556. The average molecular weight is 325 g/mol. The van der Waals surface area contributed by atoms with E-state index in [2.05, 4.69) is 10.1 Å². The fraction of sp³-hybridized carbons (Fsp3) is 0.400. The Morgan fingerprint density at radius 3 is 2.91 bits per heavy atom. The molecule has 1 heterocycles. The molecule has 0 spiro atoms. The van der Waals surface area contributed by atoms with Crippen LogP contribution in [-0.2, 0) is 22.3 Å². The van der Waals surface area contributed by atoms with Crippen LogP contribution in [0.2, 0.25) is 0 Å². The normalized spacial score (nSPS) is 20.3. The van der Waals surface area contributed by atoms with E-state index < -0.39 is 11.7 Å². The zero-order valence-corrected chi connectivity index (χ0v) is 12.0. The predicted molar refractivity (Wildman–Crippen MR) is 73.3 cm³/mol. The van der Waals surface area contributed by atoms with Crippen LogP contribution >= 0.6 is 0 Å². The van der Waals surface area contributed by atoms with Crippen LogP contribution < -0.4 is 0 Å². The molecule has 1 aliphatic rings. The molecule has 0 saturated heterocycles. The maximum atomic E-state index is 12.7. The topological polar surface area (TPSA) is 57.0 Å². The average Bonchev–Trinajstić information content (AvgIpc) is 3.16. The lowest BCUT2D eigenvalue weighted by Gasteiger charge is -2.08. The summed E-state index contributed by atoms with van der Waals surface area (Å²) in [5.74, 6) is -0.946. The SMILES string of the molecule is O=C(OCCn1cncn1)C1CC1c1cccc(C(F)(F)F)c1. The van der Waals surface area contributed by atoms with Crippen molar-refractivity contribution in [1.82, 2.24) is 14.8 Å². The van der Waals surface area contributed by atoms with Crippen molar-refractivity contribution in [2.45, 2.75) is 25.1 Å². The Morgan fingerprint density at radius 2 is 2.22 bits per heavy atom. The van der Waals surface area contributed by atoms with Crippen molar-refractivity contribution in [1.29, 1.82) is 0 Å². The van der Waals surface area contributed by atoms with Gasteiger partial charge in [-0.1, -0.05) is 18.2 Å². The minimum atomic E-state index is -4.38. The van der Waals surface area contributed by atoms with Crippen molar-refractivity contribution >= 4 is 5.97 Å². The molecule has 5 nitrogen and oxygen atoms in total. The molecule has 0 bridgehead atoms. The lowest BCUT2D eigenvalue weighted by Crippen LogP contribution is -2.13. The highest BCUT2D eigenvalue weighted by molar-refractivity contribution is 5.77. The quantitative estimate of drug-likeness (QED) is 0.793. The standard InChI is InChI=1S/C15H14F3N3O2/c16-15(17,18)11-3-1-2-10(6-11)12-7-13(12)14(22)23-5-4-21-9-19-8-20-21/h1-3,6,8-9,12-13H,4-5,7H2. The summed E-state index contributed by atoms with van der Waals surface area (Å²) in [5.41, 5.74) is -0.168. The van der Waals surface area contributed by atoms with Crippen LogP contribution in [0.3, 0.4) is 0 Å². The number of alkyl halides is 3. The highest BCUT2D eigenvalue weighted by atomic mass is 19.4. The molecule has 1 fully saturated rings. The molecule has 0 aliphatic heterocycles. The van der Waals surface area contributed by atoms with Crippen LogP contribution in [0.4, 0.5) is 13.2 Å². The molecular weight excluding hydrogens is 311 g/mol. The van der Waals surface area contributed by atoms with Gasteiger partial charge in [-0.3, -0.25) is 4.79 Å². The molecule has 1 aliphatic carbocycles. The van der Waals surface area contributed by atoms with Gasteiger partial charge in [0, 0.05) is 0 Å². The molecule has 1 aromatic carbocycles. The van der Waals surface area contributed by atoms with Gasteiger partial charge in [0.15, 0.2) is 0 Å². The van der Waals surface area contributed by atoms with Crippen molar-refractivity contribution < 1.29 is 22.7 Å². The first-order chi connectivity index (χ1) is 10.9. The van der Waals surface area contributed by atoms with Crippen LogP contribution in [0.1, 0.15) is 23.5 Å². The van der Waals surface area contributed by atoms with Gasteiger partial charge in [0.05, 0.1) is 18.0 Å². The second kappa shape index (κ2) is 6.02. The third-order valence-corrected chi connectivity index (χ3v) is 3.77. The Hall–Kier alpha value is -2.38. The number of carbonyl (C=O) groups is 1. The lowest BCUT2D eigenvalue weighted by molar-refractivity contribution is -0.145. The van der Waals surface area contributed by atoms with E-state index in [1.807, 2.05) is 0 Å². The van der Waals surface area contributed by atoms with E-state index in [1.54, 1.807) is 6.07 Å². The first-order valence-electron chi connectivity index (χ1n) is 7.11. The number of hydrogen-bond acceptors (Lipinski definition) is 4. The molecule has 8 heteroatoms. The van der Waals surface area contributed by atoms with E-state index in [-0.39, 0.29) is 24.4 Å². The van der Waals surface area contributed by atoms with Gasteiger partial charge in [-0.2, -0.15) is 18.3 Å². The van der Waals surface area contributed by atoms with Crippen LogP contribution in [0, 0.1) is 5.92 Å². The summed E-state index contributed by atoms with van der Waals surface area (Å²) in [6, 6.07) is 5.11. The summed E-state index contributed by atoms with van der Waals surface area (Å²) < 4.78 is 44.8. The van der Waals surface area contributed by atoms with Crippen molar-refractivity contribution in [3.8, 4) is 0 Å². The van der Waals surface area contributed by atoms with Crippen molar-refractivity contribution in [2.75, 3.05) is 6.61 Å². The maximum Gasteiger partial charge on any atom is 0.416 e. The lowest BCUT2D eigenvalue weighted by atomic mass is 10.1. The number of esters is 1. The molecule has 1 aromatic heterocycles. The van der Waals surface area contributed by atoms with Crippen LogP contribution in [0.25, 0.3) is 0 Å². The molecule has 1 saturated carbocycles. The Labute approximate surface area is 130 Å². The number of nitrogens with zero attached hydrogens (tertiary/aromatic N) is 3. The predicted octanol–water partition coefficient (Wildman–Crippen LogP) is 2.64. The highest BCUT2D eigenvalue weighted by Crippen LogP contribution is 2.49. The number of rotatable bonds is 5. The Morgan fingerprint density at radius 1 is 1.39 bits per heavy atom. The van der Waals surface area contributed by atoms with Crippen LogP contribution in [-0.4, -0.2) is 27.3 Å². The van der Waals surface area contributed by atoms with Crippen LogP contribution in [0.15, 0.2) is 36.9 Å². The minimum Gasteiger partial charge on any atom is -0.463 e. The molecule has 0 N–H and O–H groups in total. The first kappa shape index (κ1) is 15.5. The Balaban J connectivity index is 1.53. The van der Waals surface area contributed by atoms with E-state index in [0.29, 0.717) is 18.5 Å². The molecular formula is C15H14F3N3O2. The van der Waals surface area contributed by atoms with Gasteiger partial charge in [-0.05, 0) is 24.0 Å². The molecule has 3 rings (SSSR count). The largest absolute Gasteiger partial charge is 0.463 e. The highest BCUT2D eigenvalue weighted by Gasteiger charge is 2.45. The monoisotopic (exact) mass is 325 g/mol. The van der Waals surface area contributed by atoms with Gasteiger partial charge in [-0.15, -0.1) is 0 Å². The molecule has 0 amide bonds. The van der Waals surface area contributed by atoms with Gasteiger partial charge in [0.1, 0.15) is 19.3 Å². The summed E-state index contributed by atoms with van der Waals surface area (Å²) in [6.07, 6.45) is -0.967. The van der Waals surface area contributed by atoms with Gasteiger partial charge < -0.3 is 4.74 Å². The zero-order chi connectivity index (χ0) is 16.4. The molecule has 2 aromatic rings. The fourth-order valence-corrected chi connectivity index (χ4v) is 2.46. The maximum absolute atomic E-state index is 12.7. The molecule has 23 heavy (non-hydrogen) atoms. The van der Waals surface area contributed by atoms with Crippen LogP contribution in [0.5, 0.6) is 0 Å². The summed E-state index contributed by atoms with van der Waals surface area (Å²) in [4.78, 5) is 15.7. The smallest absolute Gasteiger partial charge is 0.416 e. The number of ether oxygens (including phenoxy) is 1. The van der Waals surface area contributed by atoms with E-state index in [4.69, 9.17) is 4.74 Å². The van der Waals surface area contributed by atoms with Gasteiger partial charge in [0.25, 0.3) is 0 Å². The number of benzene rings is 1. The van der Waals surface area contributed by atoms with E-state index in [1.165, 1.54) is 23.4 Å². The summed E-state index contributed by atoms with van der Waals surface area (Å²) in [7, 11) is 0. The number of hydrogen-bond donors (Lipinski definition) is 0. The number of aromatic nitrogens is 3. The Bertz CT molecular complexity index is 686. The number of halogens is 3. The fourth-order valence-electron chi connectivity index (χ4n) is 2.46. The van der Waals surface area contributed by atoms with E-state index >= 15 is 0 Å². The summed E-state index contributed by atoms with van der Waals surface area (Å²) >= 11 is 0. The molecule has 122 valence electrons. The van der Waals surface area contributed by atoms with Crippen molar-refractivity contribution in [2.24, 2.45) is 5.92 Å². The third kappa shape index (κ3) is 3.69. The van der Waals surface area contributed by atoms with E-state index in [0.717, 1.165) is 12.1 Å². The molecule has 2 unspecified atom stereocenters. The van der Waals surface area contributed by atoms with E-state index in [9.17, 15) is 18.0 Å². The summed E-state index contributed by atoms with van der Waals surface area (Å²) in [5, 5.41) is 3.88. The zero-order valence-electron chi connectivity index (χ0n) is 12.0. The second-order valence-electron chi connectivity index (χ2n) is 5.40. The molecule has 2 atom stereocenters. The van der Waals surface area contributed by atoms with Gasteiger partial charge in [-0.25, -0.2) is 9.67 Å². The number of carbonyl (C=O) groups excluding carboxylic acids is 1. The van der Waals surface area contributed by atoms with Gasteiger partial charge >= 0.3 is 12.1 Å². The first-order valence-corrected chi connectivity index (χ1v) is 7.11. The van der Waals surface area contributed by atoms with Crippen molar-refractivity contribution in [3.05, 3.63) is 48.0 Å². The molecule has 0 radical (unpaired) electrons. The second-order valence-corrected chi connectivity index (χ2v) is 5.40. The van der Waals surface area contributed by atoms with Crippen molar-refractivity contribution in [3.63, 3.8) is 0 Å². The Kier molecular flexibility index (Phi) is 4.06.